The Kier molecular flexibility index (Phi) is 5.61. The van der Waals surface area contributed by atoms with E-state index in [1.807, 2.05) is 32.0 Å². The highest BCUT2D eigenvalue weighted by Crippen LogP contribution is 2.28. The average Bonchev–Trinajstić information content (AvgIpc) is 2.93. The molecule has 2 aromatic carbocycles. The third-order valence-corrected chi connectivity index (χ3v) is 5.33. The molecule has 0 spiro atoms. The lowest BCUT2D eigenvalue weighted by atomic mass is 9.96. The van der Waals surface area contributed by atoms with E-state index in [4.69, 9.17) is 11.6 Å². The zero-order chi connectivity index (χ0) is 19.6. The van der Waals surface area contributed by atoms with Gasteiger partial charge in [-0.1, -0.05) is 62.2 Å². The van der Waals surface area contributed by atoms with Crippen molar-refractivity contribution in [3.8, 4) is 0 Å². The van der Waals surface area contributed by atoms with Gasteiger partial charge in [0.25, 0.3) is 11.8 Å². The molecule has 2 aromatic rings. The molecule has 140 valence electrons. The van der Waals surface area contributed by atoms with E-state index in [9.17, 15) is 14.4 Å². The van der Waals surface area contributed by atoms with Crippen molar-refractivity contribution in [2.45, 2.75) is 32.9 Å². The molecule has 1 aliphatic rings. The number of rotatable bonds is 6. The second kappa shape index (κ2) is 7.92. The van der Waals surface area contributed by atoms with Gasteiger partial charge in [0.15, 0.2) is 0 Å². The van der Waals surface area contributed by atoms with E-state index in [0.717, 1.165) is 10.5 Å². The zero-order valence-electron chi connectivity index (χ0n) is 15.2. The minimum Gasteiger partial charge on any atom is -0.350 e. The van der Waals surface area contributed by atoms with Crippen molar-refractivity contribution in [1.29, 1.82) is 0 Å². The zero-order valence-corrected chi connectivity index (χ0v) is 16.0. The molecule has 27 heavy (non-hydrogen) atoms. The largest absolute Gasteiger partial charge is 0.350 e. The Morgan fingerprint density at radius 3 is 2.15 bits per heavy atom. The number of imide groups is 1. The maximum absolute atomic E-state index is 13.0. The van der Waals surface area contributed by atoms with Gasteiger partial charge in [-0.2, -0.15) is 0 Å². The van der Waals surface area contributed by atoms with Crippen LogP contribution in [0.5, 0.6) is 0 Å². The third kappa shape index (κ3) is 3.60. The molecular weight excluding hydrogens is 364 g/mol. The number of halogens is 1. The van der Waals surface area contributed by atoms with Gasteiger partial charge in [-0.25, -0.2) is 0 Å². The summed E-state index contributed by atoms with van der Waals surface area (Å²) in [6.07, 6.45) is 0.650. The van der Waals surface area contributed by atoms with Gasteiger partial charge in [0.2, 0.25) is 5.91 Å². The van der Waals surface area contributed by atoms with Crippen LogP contribution in [0.4, 0.5) is 0 Å². The lowest BCUT2D eigenvalue weighted by Crippen LogP contribution is -2.52. The fraction of sp³-hybridized carbons (Fsp3) is 0.286. The molecule has 0 bridgehead atoms. The van der Waals surface area contributed by atoms with Crippen molar-refractivity contribution >= 4 is 29.3 Å². The lowest BCUT2D eigenvalue weighted by Gasteiger charge is -2.29. The summed E-state index contributed by atoms with van der Waals surface area (Å²) in [7, 11) is 0. The van der Waals surface area contributed by atoms with Crippen LogP contribution in [0, 0.1) is 5.92 Å². The van der Waals surface area contributed by atoms with Crippen molar-refractivity contribution in [1.82, 2.24) is 10.2 Å². The molecule has 0 saturated carbocycles. The smallest absolute Gasteiger partial charge is 0.262 e. The minimum absolute atomic E-state index is 0.182. The first kappa shape index (κ1) is 19.1. The number of nitrogens with one attached hydrogen (secondary N) is 1. The molecule has 6 heteroatoms. The van der Waals surface area contributed by atoms with Gasteiger partial charge in [-0.05, 0) is 29.7 Å². The van der Waals surface area contributed by atoms with Crippen LogP contribution in [0.25, 0.3) is 0 Å². The van der Waals surface area contributed by atoms with Gasteiger partial charge in [0.1, 0.15) is 6.04 Å². The number of fused-ring (bicyclic) bond motifs is 1. The van der Waals surface area contributed by atoms with Crippen LogP contribution in [-0.2, 0) is 11.3 Å². The monoisotopic (exact) mass is 384 g/mol. The molecule has 2 atom stereocenters. The molecule has 3 amide bonds. The molecular formula is C21H21ClN2O3. The van der Waals surface area contributed by atoms with E-state index in [0.29, 0.717) is 22.6 Å². The van der Waals surface area contributed by atoms with Gasteiger partial charge < -0.3 is 5.32 Å². The highest BCUT2D eigenvalue weighted by Gasteiger charge is 2.44. The third-order valence-electron chi connectivity index (χ3n) is 4.97. The normalized spacial score (nSPS) is 15.4. The Balaban J connectivity index is 1.85. The quantitative estimate of drug-likeness (QED) is 0.773. The van der Waals surface area contributed by atoms with Crippen LogP contribution in [-0.4, -0.2) is 28.7 Å². The predicted octanol–water partition coefficient (Wildman–Crippen LogP) is 3.67. The fourth-order valence-corrected chi connectivity index (χ4v) is 3.45. The van der Waals surface area contributed by atoms with Crippen LogP contribution in [0.2, 0.25) is 5.02 Å². The minimum atomic E-state index is -0.870. The van der Waals surface area contributed by atoms with Crippen LogP contribution in [0.1, 0.15) is 46.5 Å². The predicted molar refractivity (Wildman–Crippen MR) is 103 cm³/mol. The van der Waals surface area contributed by atoms with Crippen molar-refractivity contribution in [2.24, 2.45) is 5.92 Å². The Hall–Kier alpha value is -2.66. The van der Waals surface area contributed by atoms with E-state index in [1.54, 1.807) is 30.3 Å². The number of hydrogen-bond acceptors (Lipinski definition) is 3. The molecule has 0 fully saturated rings. The topological polar surface area (TPSA) is 66.5 Å². The van der Waals surface area contributed by atoms with E-state index >= 15 is 0 Å². The maximum Gasteiger partial charge on any atom is 0.262 e. The molecule has 5 nitrogen and oxygen atoms in total. The molecule has 2 unspecified atom stereocenters. The molecule has 0 radical (unpaired) electrons. The van der Waals surface area contributed by atoms with Gasteiger partial charge in [-0.3, -0.25) is 19.3 Å². The molecule has 1 N–H and O–H groups in total. The summed E-state index contributed by atoms with van der Waals surface area (Å²) in [5, 5.41) is 3.38. The van der Waals surface area contributed by atoms with E-state index < -0.39 is 17.9 Å². The first-order valence-corrected chi connectivity index (χ1v) is 9.31. The summed E-state index contributed by atoms with van der Waals surface area (Å²) >= 11 is 6.14. The summed E-state index contributed by atoms with van der Waals surface area (Å²) < 4.78 is 0. The summed E-state index contributed by atoms with van der Waals surface area (Å²) in [6.45, 7) is 4.02. The lowest BCUT2D eigenvalue weighted by molar-refractivity contribution is -0.126. The Bertz CT molecular complexity index is 862. The average molecular weight is 385 g/mol. The molecule has 1 heterocycles. The van der Waals surface area contributed by atoms with E-state index in [1.165, 1.54) is 0 Å². The van der Waals surface area contributed by atoms with Crippen molar-refractivity contribution in [2.75, 3.05) is 0 Å². The van der Waals surface area contributed by atoms with Crippen molar-refractivity contribution in [3.05, 3.63) is 70.2 Å². The number of nitrogens with zero attached hydrogens (tertiary/aromatic N) is 1. The first-order valence-electron chi connectivity index (χ1n) is 8.93. The second-order valence-electron chi connectivity index (χ2n) is 6.67. The van der Waals surface area contributed by atoms with Crippen LogP contribution in [0.15, 0.2) is 48.5 Å². The van der Waals surface area contributed by atoms with Gasteiger partial charge in [-0.15, -0.1) is 0 Å². The Morgan fingerprint density at radius 1 is 1.04 bits per heavy atom. The van der Waals surface area contributed by atoms with Crippen molar-refractivity contribution in [3.63, 3.8) is 0 Å². The van der Waals surface area contributed by atoms with Gasteiger partial charge >= 0.3 is 0 Å². The second-order valence-corrected chi connectivity index (χ2v) is 7.07. The van der Waals surface area contributed by atoms with E-state index in [-0.39, 0.29) is 18.4 Å². The summed E-state index contributed by atoms with van der Waals surface area (Å²) in [6, 6.07) is 13.0. The Labute approximate surface area is 163 Å². The number of hydrogen-bond donors (Lipinski definition) is 1. The molecule has 0 aromatic heterocycles. The SMILES string of the molecule is CCC(C)C(C(=O)NCc1ccccc1Cl)N1C(=O)c2ccccc2C1=O. The summed E-state index contributed by atoms with van der Waals surface area (Å²) in [5.41, 5.74) is 1.46. The summed E-state index contributed by atoms with van der Waals surface area (Å²) in [5.74, 6) is -1.39. The van der Waals surface area contributed by atoms with Gasteiger partial charge in [0, 0.05) is 11.6 Å². The summed E-state index contributed by atoms with van der Waals surface area (Å²) in [4.78, 5) is 39.7. The standard InChI is InChI=1S/C21H21ClN2O3/c1-3-13(2)18(19(25)23-12-14-8-4-7-11-17(14)22)24-20(26)15-9-5-6-10-16(15)21(24)27/h4-11,13,18H,3,12H2,1-2H3,(H,23,25). The van der Waals surface area contributed by atoms with Crippen LogP contribution >= 0.6 is 11.6 Å². The van der Waals surface area contributed by atoms with E-state index in [2.05, 4.69) is 5.32 Å². The molecule has 0 aliphatic carbocycles. The highest BCUT2D eigenvalue weighted by atomic mass is 35.5. The molecule has 1 aliphatic heterocycles. The Morgan fingerprint density at radius 2 is 1.59 bits per heavy atom. The maximum atomic E-state index is 13.0. The van der Waals surface area contributed by atoms with Crippen LogP contribution in [0.3, 0.4) is 0 Å². The van der Waals surface area contributed by atoms with Crippen molar-refractivity contribution < 1.29 is 14.4 Å². The molecule has 0 saturated heterocycles. The number of amides is 3. The highest BCUT2D eigenvalue weighted by molar-refractivity contribution is 6.31. The number of carbonyl (C=O) groups excluding carboxylic acids is 3. The fourth-order valence-electron chi connectivity index (χ4n) is 3.24. The first-order chi connectivity index (χ1) is 13.0. The number of carbonyl (C=O) groups is 3. The van der Waals surface area contributed by atoms with Gasteiger partial charge in [0.05, 0.1) is 11.1 Å². The number of benzene rings is 2. The molecule has 3 rings (SSSR count). The van der Waals surface area contributed by atoms with Crippen LogP contribution < -0.4 is 5.32 Å².